The van der Waals surface area contributed by atoms with Gasteiger partial charge in [0.25, 0.3) is 0 Å². The third kappa shape index (κ3) is 19.4. The van der Waals surface area contributed by atoms with Crippen LogP contribution in [0.25, 0.3) is 0 Å². The van der Waals surface area contributed by atoms with E-state index in [0.717, 1.165) is 26.0 Å². The van der Waals surface area contributed by atoms with Crippen molar-refractivity contribution in [2.24, 2.45) is 5.73 Å². The highest BCUT2D eigenvalue weighted by Crippen LogP contribution is 2.09. The molecule has 0 aromatic heterocycles. The minimum atomic E-state index is 0.327. The highest BCUT2D eigenvalue weighted by atomic mass is 16.5. The topological polar surface area (TPSA) is 35.2 Å². The fourth-order valence-corrected chi connectivity index (χ4v) is 2.69. The van der Waals surface area contributed by atoms with Gasteiger partial charge in [0.05, 0.1) is 6.10 Å². The molecule has 0 aliphatic carbocycles. The zero-order valence-electron chi connectivity index (χ0n) is 16.5. The Morgan fingerprint density at radius 3 is 2.00 bits per heavy atom. The maximum atomic E-state index is 5.71. The molecule has 0 aliphatic heterocycles. The molecule has 0 rings (SSSR count). The van der Waals surface area contributed by atoms with Gasteiger partial charge in [0.15, 0.2) is 0 Å². The molecule has 1 unspecified atom stereocenters. The van der Waals surface area contributed by atoms with Crippen LogP contribution in [0, 0.1) is 0 Å². The van der Waals surface area contributed by atoms with Crippen molar-refractivity contribution in [2.45, 2.75) is 103 Å². The van der Waals surface area contributed by atoms with E-state index in [1.54, 1.807) is 0 Å². The predicted molar refractivity (Wildman–Crippen MR) is 108 cm³/mol. The molecule has 0 amide bonds. The van der Waals surface area contributed by atoms with E-state index in [9.17, 15) is 0 Å². The molecular formula is C22H43NO. The SMILES string of the molecule is CCCCC/C=C\C/C=C\CCCCCCCCOC(C)CCN. The van der Waals surface area contributed by atoms with Gasteiger partial charge < -0.3 is 10.5 Å². The first-order chi connectivity index (χ1) is 11.8. The number of rotatable bonds is 18. The molecule has 0 heterocycles. The van der Waals surface area contributed by atoms with Crippen molar-refractivity contribution in [2.75, 3.05) is 13.2 Å². The summed E-state index contributed by atoms with van der Waals surface area (Å²) in [6.45, 7) is 6.00. The van der Waals surface area contributed by atoms with Crippen LogP contribution in [-0.2, 0) is 4.74 Å². The van der Waals surface area contributed by atoms with E-state index in [-0.39, 0.29) is 0 Å². The van der Waals surface area contributed by atoms with Gasteiger partial charge in [0, 0.05) is 6.61 Å². The van der Waals surface area contributed by atoms with E-state index < -0.39 is 0 Å². The Balaban J connectivity index is 3.18. The summed E-state index contributed by atoms with van der Waals surface area (Å²) in [6.07, 6.45) is 26.1. The van der Waals surface area contributed by atoms with Gasteiger partial charge in [0.1, 0.15) is 0 Å². The van der Waals surface area contributed by atoms with Crippen LogP contribution in [0.5, 0.6) is 0 Å². The lowest BCUT2D eigenvalue weighted by molar-refractivity contribution is 0.0591. The van der Waals surface area contributed by atoms with E-state index in [1.165, 1.54) is 70.6 Å². The fraction of sp³-hybridized carbons (Fsp3) is 0.818. The fourth-order valence-electron chi connectivity index (χ4n) is 2.69. The number of hydrogen-bond donors (Lipinski definition) is 1. The van der Waals surface area contributed by atoms with E-state index in [0.29, 0.717) is 6.10 Å². The van der Waals surface area contributed by atoms with Crippen LogP contribution < -0.4 is 5.73 Å². The lowest BCUT2D eigenvalue weighted by Gasteiger charge is -2.11. The van der Waals surface area contributed by atoms with Crippen LogP contribution in [0.3, 0.4) is 0 Å². The quantitative estimate of drug-likeness (QED) is 0.227. The molecule has 142 valence electrons. The lowest BCUT2D eigenvalue weighted by Crippen LogP contribution is -2.14. The summed E-state index contributed by atoms with van der Waals surface area (Å²) in [7, 11) is 0. The Morgan fingerprint density at radius 1 is 0.792 bits per heavy atom. The van der Waals surface area contributed by atoms with Crippen LogP contribution in [0.15, 0.2) is 24.3 Å². The molecule has 0 spiro atoms. The van der Waals surface area contributed by atoms with Crippen LogP contribution >= 0.6 is 0 Å². The van der Waals surface area contributed by atoms with E-state index in [1.807, 2.05) is 0 Å². The number of allylic oxidation sites excluding steroid dienone is 4. The second-order valence-corrected chi connectivity index (χ2v) is 6.84. The molecular weight excluding hydrogens is 294 g/mol. The van der Waals surface area contributed by atoms with Crippen LogP contribution in [0.1, 0.15) is 97.3 Å². The van der Waals surface area contributed by atoms with Crippen LogP contribution in [0.4, 0.5) is 0 Å². The first kappa shape index (κ1) is 23.4. The van der Waals surface area contributed by atoms with Crippen molar-refractivity contribution in [1.82, 2.24) is 0 Å². The third-order valence-corrected chi connectivity index (χ3v) is 4.32. The molecule has 0 saturated heterocycles. The number of nitrogens with two attached hydrogens (primary N) is 1. The molecule has 0 radical (unpaired) electrons. The van der Waals surface area contributed by atoms with Gasteiger partial charge >= 0.3 is 0 Å². The summed E-state index contributed by atoms with van der Waals surface area (Å²) in [4.78, 5) is 0. The number of ether oxygens (including phenoxy) is 1. The monoisotopic (exact) mass is 337 g/mol. The standard InChI is InChI=1S/C22H43NO/c1-3-4-5-6-7-8-9-10-11-12-13-14-15-16-17-18-21-24-22(2)19-20-23/h7-8,10-11,22H,3-6,9,12-21,23H2,1-2H3/b8-7-,11-10-. The van der Waals surface area contributed by atoms with E-state index in [4.69, 9.17) is 10.5 Å². The predicted octanol–water partition coefficient (Wildman–Crippen LogP) is 6.55. The summed E-state index contributed by atoms with van der Waals surface area (Å²) < 4.78 is 5.71. The van der Waals surface area contributed by atoms with E-state index >= 15 is 0 Å². The molecule has 2 N–H and O–H groups in total. The molecule has 0 fully saturated rings. The van der Waals surface area contributed by atoms with Crippen molar-refractivity contribution in [3.63, 3.8) is 0 Å². The zero-order chi connectivity index (χ0) is 17.7. The van der Waals surface area contributed by atoms with Gasteiger partial charge in [-0.05, 0) is 58.4 Å². The second-order valence-electron chi connectivity index (χ2n) is 6.84. The minimum Gasteiger partial charge on any atom is -0.378 e. The van der Waals surface area contributed by atoms with Crippen molar-refractivity contribution in [3.05, 3.63) is 24.3 Å². The van der Waals surface area contributed by atoms with Crippen molar-refractivity contribution in [1.29, 1.82) is 0 Å². The lowest BCUT2D eigenvalue weighted by atomic mass is 10.1. The summed E-state index contributed by atoms with van der Waals surface area (Å²) in [5, 5.41) is 0. The Labute approximate surface area is 151 Å². The highest BCUT2D eigenvalue weighted by molar-refractivity contribution is 4.92. The van der Waals surface area contributed by atoms with Gasteiger partial charge in [-0.3, -0.25) is 0 Å². The maximum absolute atomic E-state index is 5.71. The molecule has 24 heavy (non-hydrogen) atoms. The molecule has 0 bridgehead atoms. The summed E-state index contributed by atoms with van der Waals surface area (Å²) in [5.74, 6) is 0. The van der Waals surface area contributed by atoms with Gasteiger partial charge in [-0.15, -0.1) is 0 Å². The molecule has 2 heteroatoms. The Kier molecular flexibility index (Phi) is 19.9. The summed E-state index contributed by atoms with van der Waals surface area (Å²) >= 11 is 0. The van der Waals surface area contributed by atoms with Crippen LogP contribution in [-0.4, -0.2) is 19.3 Å². The average Bonchev–Trinajstić information content (AvgIpc) is 2.58. The van der Waals surface area contributed by atoms with Gasteiger partial charge in [0.2, 0.25) is 0 Å². The van der Waals surface area contributed by atoms with Gasteiger partial charge in [-0.1, -0.05) is 69.8 Å². The molecule has 0 aromatic rings. The second kappa shape index (κ2) is 20.4. The first-order valence-electron chi connectivity index (χ1n) is 10.4. The van der Waals surface area contributed by atoms with Crippen molar-refractivity contribution in [3.8, 4) is 0 Å². The third-order valence-electron chi connectivity index (χ3n) is 4.32. The largest absolute Gasteiger partial charge is 0.378 e. The number of unbranched alkanes of at least 4 members (excludes halogenated alkanes) is 9. The Morgan fingerprint density at radius 2 is 1.38 bits per heavy atom. The number of hydrogen-bond acceptors (Lipinski definition) is 2. The zero-order valence-corrected chi connectivity index (χ0v) is 16.5. The van der Waals surface area contributed by atoms with Crippen LogP contribution in [0.2, 0.25) is 0 Å². The van der Waals surface area contributed by atoms with E-state index in [2.05, 4.69) is 38.2 Å². The minimum absolute atomic E-state index is 0.327. The Hall–Kier alpha value is -0.600. The highest BCUT2D eigenvalue weighted by Gasteiger charge is 1.99. The maximum Gasteiger partial charge on any atom is 0.0559 e. The van der Waals surface area contributed by atoms with Crippen molar-refractivity contribution < 1.29 is 4.74 Å². The summed E-state index contributed by atoms with van der Waals surface area (Å²) in [6, 6.07) is 0. The normalized spacial score (nSPS) is 13.3. The molecule has 0 aliphatic rings. The average molecular weight is 338 g/mol. The smallest absolute Gasteiger partial charge is 0.0559 e. The Bertz CT molecular complexity index is 286. The molecule has 0 saturated carbocycles. The van der Waals surface area contributed by atoms with Crippen molar-refractivity contribution >= 4 is 0 Å². The molecule has 2 nitrogen and oxygen atoms in total. The molecule has 0 aromatic carbocycles. The summed E-state index contributed by atoms with van der Waals surface area (Å²) in [5.41, 5.74) is 5.51. The first-order valence-corrected chi connectivity index (χ1v) is 10.4. The molecule has 1 atom stereocenters. The van der Waals surface area contributed by atoms with Gasteiger partial charge in [-0.25, -0.2) is 0 Å². The van der Waals surface area contributed by atoms with Gasteiger partial charge in [-0.2, -0.15) is 0 Å².